The van der Waals surface area contributed by atoms with Crippen molar-refractivity contribution in [2.45, 2.75) is 20.8 Å². The van der Waals surface area contributed by atoms with Gasteiger partial charge in [0.1, 0.15) is 5.82 Å². The first-order chi connectivity index (χ1) is 11.1. The fourth-order valence-electron chi connectivity index (χ4n) is 2.25. The lowest BCUT2D eigenvalue weighted by Gasteiger charge is -2.12. The Labute approximate surface area is 136 Å². The number of anilines is 1. The number of aliphatic imine (C=N–C) groups is 1. The van der Waals surface area contributed by atoms with Crippen LogP contribution in [0.25, 0.3) is 0 Å². The standard InChI is InChI=1S/C19H20N4/c1-14-4-8-17(9-5-14)21-19(23-13-12-20-16(23)3)22-18-10-6-15(2)7-11-18/h4-13H,1-3H3,(H,21,22). The van der Waals surface area contributed by atoms with Crippen molar-refractivity contribution in [1.82, 2.24) is 9.55 Å². The molecular formula is C19H20N4. The molecule has 4 nitrogen and oxygen atoms in total. The summed E-state index contributed by atoms with van der Waals surface area (Å²) in [4.78, 5) is 9.04. The van der Waals surface area contributed by atoms with Gasteiger partial charge in [-0.3, -0.25) is 4.57 Å². The summed E-state index contributed by atoms with van der Waals surface area (Å²) < 4.78 is 1.94. The molecule has 0 aliphatic heterocycles. The first kappa shape index (κ1) is 15.0. The monoisotopic (exact) mass is 304 g/mol. The van der Waals surface area contributed by atoms with Crippen LogP contribution in [0.5, 0.6) is 0 Å². The summed E-state index contributed by atoms with van der Waals surface area (Å²) in [5.41, 5.74) is 4.34. The number of nitrogens with zero attached hydrogens (tertiary/aromatic N) is 3. The second-order valence-corrected chi connectivity index (χ2v) is 5.61. The van der Waals surface area contributed by atoms with E-state index >= 15 is 0 Å². The van der Waals surface area contributed by atoms with Crippen LogP contribution in [0.4, 0.5) is 11.4 Å². The molecule has 0 saturated carbocycles. The smallest absolute Gasteiger partial charge is 0.213 e. The summed E-state index contributed by atoms with van der Waals surface area (Å²) in [5, 5.41) is 3.39. The van der Waals surface area contributed by atoms with Gasteiger partial charge in [0.25, 0.3) is 0 Å². The number of nitrogens with one attached hydrogen (secondary N) is 1. The van der Waals surface area contributed by atoms with E-state index in [1.54, 1.807) is 6.20 Å². The largest absolute Gasteiger partial charge is 0.325 e. The summed E-state index contributed by atoms with van der Waals surface area (Å²) in [6.45, 7) is 6.10. The summed E-state index contributed by atoms with van der Waals surface area (Å²) in [6, 6.07) is 16.4. The summed E-state index contributed by atoms with van der Waals surface area (Å²) in [7, 11) is 0. The minimum absolute atomic E-state index is 0.729. The summed E-state index contributed by atoms with van der Waals surface area (Å²) >= 11 is 0. The lowest BCUT2D eigenvalue weighted by Crippen LogP contribution is -2.22. The fourth-order valence-corrected chi connectivity index (χ4v) is 2.25. The molecule has 0 radical (unpaired) electrons. The molecule has 3 rings (SSSR count). The Morgan fingerprint density at radius 3 is 2.09 bits per heavy atom. The van der Waals surface area contributed by atoms with E-state index in [-0.39, 0.29) is 0 Å². The van der Waals surface area contributed by atoms with Gasteiger partial charge in [0.2, 0.25) is 5.96 Å². The van der Waals surface area contributed by atoms with Gasteiger partial charge in [0.05, 0.1) is 5.69 Å². The Bertz CT molecular complexity index is 811. The van der Waals surface area contributed by atoms with Crippen LogP contribution >= 0.6 is 0 Å². The van der Waals surface area contributed by atoms with E-state index in [1.807, 2.05) is 42.0 Å². The van der Waals surface area contributed by atoms with Gasteiger partial charge in [-0.25, -0.2) is 9.98 Å². The van der Waals surface area contributed by atoms with Crippen LogP contribution in [0.2, 0.25) is 0 Å². The number of imidazole rings is 1. The van der Waals surface area contributed by atoms with Gasteiger partial charge in [-0.2, -0.15) is 0 Å². The van der Waals surface area contributed by atoms with Gasteiger partial charge in [-0.05, 0) is 45.0 Å². The van der Waals surface area contributed by atoms with Gasteiger partial charge in [-0.15, -0.1) is 0 Å². The second kappa shape index (κ2) is 6.48. The van der Waals surface area contributed by atoms with Crippen LogP contribution in [-0.4, -0.2) is 15.5 Å². The van der Waals surface area contributed by atoms with Gasteiger partial charge < -0.3 is 5.32 Å². The summed E-state index contributed by atoms with van der Waals surface area (Å²) in [6.07, 6.45) is 3.68. The maximum atomic E-state index is 4.75. The predicted molar refractivity (Wildman–Crippen MR) is 95.4 cm³/mol. The van der Waals surface area contributed by atoms with Crippen LogP contribution in [0.1, 0.15) is 17.0 Å². The predicted octanol–water partition coefficient (Wildman–Crippen LogP) is 4.46. The minimum atomic E-state index is 0.729. The van der Waals surface area contributed by atoms with Crippen molar-refractivity contribution in [2.24, 2.45) is 4.99 Å². The molecule has 116 valence electrons. The highest BCUT2D eigenvalue weighted by molar-refractivity contribution is 5.97. The van der Waals surface area contributed by atoms with Crippen molar-refractivity contribution in [3.05, 3.63) is 77.9 Å². The molecule has 3 aromatic rings. The molecule has 0 fully saturated rings. The SMILES string of the molecule is Cc1ccc(N=C(Nc2ccc(C)cc2)n2ccnc2C)cc1. The topological polar surface area (TPSA) is 42.2 Å². The third-order valence-electron chi connectivity index (χ3n) is 3.63. The third kappa shape index (κ3) is 3.66. The molecule has 0 spiro atoms. The van der Waals surface area contributed by atoms with Crippen LogP contribution in [-0.2, 0) is 0 Å². The second-order valence-electron chi connectivity index (χ2n) is 5.61. The molecule has 2 aromatic carbocycles. The van der Waals surface area contributed by atoms with Crippen LogP contribution in [0.15, 0.2) is 65.9 Å². The molecule has 0 amide bonds. The molecule has 0 bridgehead atoms. The molecule has 0 unspecified atom stereocenters. The molecular weight excluding hydrogens is 284 g/mol. The Kier molecular flexibility index (Phi) is 4.24. The normalized spacial score (nSPS) is 11.5. The number of hydrogen-bond acceptors (Lipinski definition) is 2. The number of aryl methyl sites for hydroxylation is 3. The van der Waals surface area contributed by atoms with E-state index < -0.39 is 0 Å². The van der Waals surface area contributed by atoms with Gasteiger partial charge in [0.15, 0.2) is 0 Å². The van der Waals surface area contributed by atoms with Crippen molar-refractivity contribution >= 4 is 17.3 Å². The number of aromatic nitrogens is 2. The fraction of sp³-hybridized carbons (Fsp3) is 0.158. The molecule has 0 aliphatic rings. The van der Waals surface area contributed by atoms with Crippen molar-refractivity contribution in [3.63, 3.8) is 0 Å². The molecule has 0 saturated heterocycles. The van der Waals surface area contributed by atoms with Crippen LogP contribution < -0.4 is 5.32 Å². The van der Waals surface area contributed by atoms with E-state index in [0.717, 1.165) is 23.2 Å². The lowest BCUT2D eigenvalue weighted by molar-refractivity contribution is 1.02. The minimum Gasteiger partial charge on any atom is -0.325 e. The van der Waals surface area contributed by atoms with E-state index in [1.165, 1.54) is 11.1 Å². The average molecular weight is 304 g/mol. The number of rotatable bonds is 2. The van der Waals surface area contributed by atoms with Gasteiger partial charge in [0, 0.05) is 18.1 Å². The Hall–Kier alpha value is -2.88. The molecule has 4 heteroatoms. The maximum absolute atomic E-state index is 4.75. The first-order valence-corrected chi connectivity index (χ1v) is 7.61. The van der Waals surface area contributed by atoms with Gasteiger partial charge in [-0.1, -0.05) is 35.4 Å². The molecule has 1 N–H and O–H groups in total. The summed E-state index contributed by atoms with van der Waals surface area (Å²) in [5.74, 6) is 1.61. The van der Waals surface area contributed by atoms with Crippen molar-refractivity contribution in [2.75, 3.05) is 5.32 Å². The van der Waals surface area contributed by atoms with Crippen molar-refractivity contribution in [3.8, 4) is 0 Å². The molecule has 23 heavy (non-hydrogen) atoms. The average Bonchev–Trinajstić information content (AvgIpc) is 2.97. The lowest BCUT2D eigenvalue weighted by atomic mass is 10.2. The highest BCUT2D eigenvalue weighted by Gasteiger charge is 2.07. The Morgan fingerprint density at radius 1 is 0.913 bits per heavy atom. The molecule has 1 heterocycles. The Morgan fingerprint density at radius 2 is 1.52 bits per heavy atom. The Balaban J connectivity index is 1.98. The van der Waals surface area contributed by atoms with E-state index in [0.29, 0.717) is 0 Å². The maximum Gasteiger partial charge on any atom is 0.213 e. The van der Waals surface area contributed by atoms with E-state index in [2.05, 4.69) is 48.4 Å². The highest BCUT2D eigenvalue weighted by atomic mass is 15.2. The zero-order chi connectivity index (χ0) is 16.2. The van der Waals surface area contributed by atoms with Crippen LogP contribution in [0.3, 0.4) is 0 Å². The van der Waals surface area contributed by atoms with Crippen LogP contribution in [0, 0.1) is 20.8 Å². The molecule has 0 aliphatic carbocycles. The molecule has 1 aromatic heterocycles. The molecule has 0 atom stereocenters. The van der Waals surface area contributed by atoms with E-state index in [9.17, 15) is 0 Å². The van der Waals surface area contributed by atoms with Gasteiger partial charge >= 0.3 is 0 Å². The van der Waals surface area contributed by atoms with Crippen molar-refractivity contribution < 1.29 is 0 Å². The number of benzene rings is 2. The third-order valence-corrected chi connectivity index (χ3v) is 3.63. The quantitative estimate of drug-likeness (QED) is 0.561. The zero-order valence-electron chi connectivity index (χ0n) is 13.6. The first-order valence-electron chi connectivity index (χ1n) is 7.61. The highest BCUT2D eigenvalue weighted by Crippen LogP contribution is 2.16. The number of hydrogen-bond donors (Lipinski definition) is 1. The van der Waals surface area contributed by atoms with Crippen molar-refractivity contribution in [1.29, 1.82) is 0 Å². The van der Waals surface area contributed by atoms with E-state index in [4.69, 9.17) is 4.99 Å². The zero-order valence-corrected chi connectivity index (χ0v) is 13.6.